The molecule has 4 N–H and O–H groups in total. The first-order chi connectivity index (χ1) is 11.0. The van der Waals surface area contributed by atoms with Crippen molar-refractivity contribution in [2.75, 3.05) is 22.9 Å². The summed E-state index contributed by atoms with van der Waals surface area (Å²) in [7, 11) is 0. The van der Waals surface area contributed by atoms with E-state index in [2.05, 4.69) is 34.4 Å². The van der Waals surface area contributed by atoms with Crippen molar-refractivity contribution in [3.05, 3.63) is 34.3 Å². The molecule has 2 aromatic heterocycles. The summed E-state index contributed by atoms with van der Waals surface area (Å²) < 4.78 is 5.18. The largest absolute Gasteiger partial charge is 0.467 e. The highest BCUT2D eigenvalue weighted by Crippen LogP contribution is 2.29. The fraction of sp³-hybridized carbons (Fsp3) is 0.429. The number of furan rings is 1. The summed E-state index contributed by atoms with van der Waals surface area (Å²) in [6, 6.07) is 3.49. The molecule has 124 valence electrons. The van der Waals surface area contributed by atoms with E-state index in [4.69, 9.17) is 10.2 Å². The van der Waals surface area contributed by atoms with Crippen molar-refractivity contribution in [3.63, 3.8) is 0 Å². The fourth-order valence-corrected chi connectivity index (χ4v) is 1.91. The summed E-state index contributed by atoms with van der Waals surface area (Å²) in [4.78, 5) is 18.7. The number of hydrogen-bond acceptors (Lipinski definition) is 8. The zero-order valence-electron chi connectivity index (χ0n) is 13.1. The average Bonchev–Trinajstić information content (AvgIpc) is 2.97. The van der Waals surface area contributed by atoms with Gasteiger partial charge in [0.05, 0.1) is 17.7 Å². The predicted molar refractivity (Wildman–Crippen MR) is 87.1 cm³/mol. The second-order valence-electron chi connectivity index (χ2n) is 5.43. The lowest BCUT2D eigenvalue weighted by atomic mass is 10.1. The molecule has 2 heterocycles. The van der Waals surface area contributed by atoms with Gasteiger partial charge in [-0.05, 0) is 24.5 Å². The summed E-state index contributed by atoms with van der Waals surface area (Å²) in [5, 5.41) is 17.1. The van der Waals surface area contributed by atoms with Crippen molar-refractivity contribution in [2.24, 2.45) is 5.92 Å². The minimum Gasteiger partial charge on any atom is -0.467 e. The molecular weight excluding hydrogens is 300 g/mol. The van der Waals surface area contributed by atoms with Crippen molar-refractivity contribution in [1.82, 2.24) is 9.97 Å². The van der Waals surface area contributed by atoms with Gasteiger partial charge in [0.15, 0.2) is 0 Å². The molecule has 9 heteroatoms. The van der Waals surface area contributed by atoms with Gasteiger partial charge in [0.1, 0.15) is 5.76 Å². The van der Waals surface area contributed by atoms with E-state index in [1.54, 1.807) is 12.1 Å². The first-order valence-electron chi connectivity index (χ1n) is 7.29. The summed E-state index contributed by atoms with van der Waals surface area (Å²) in [6.45, 7) is 5.12. The molecule has 0 aliphatic heterocycles. The van der Waals surface area contributed by atoms with Crippen molar-refractivity contribution in [3.8, 4) is 0 Å². The summed E-state index contributed by atoms with van der Waals surface area (Å²) in [5.41, 5.74) is 5.37. The molecule has 0 radical (unpaired) electrons. The Hall–Kier alpha value is -2.84. The Labute approximate surface area is 133 Å². The van der Waals surface area contributed by atoms with Gasteiger partial charge in [-0.3, -0.25) is 10.1 Å². The van der Waals surface area contributed by atoms with Crippen LogP contribution in [0.3, 0.4) is 0 Å². The average molecular weight is 320 g/mol. The summed E-state index contributed by atoms with van der Waals surface area (Å²) >= 11 is 0. The molecule has 23 heavy (non-hydrogen) atoms. The number of aromatic nitrogens is 2. The Morgan fingerprint density at radius 2 is 2.17 bits per heavy atom. The first kappa shape index (κ1) is 16.5. The normalized spacial score (nSPS) is 10.7. The number of anilines is 3. The molecular formula is C14H20N6O3. The van der Waals surface area contributed by atoms with E-state index >= 15 is 0 Å². The predicted octanol–water partition coefficient (Wildman–Crippen LogP) is 2.63. The molecule has 0 saturated carbocycles. The van der Waals surface area contributed by atoms with Gasteiger partial charge in [0, 0.05) is 6.54 Å². The van der Waals surface area contributed by atoms with E-state index in [1.165, 1.54) is 6.26 Å². The van der Waals surface area contributed by atoms with Gasteiger partial charge in [-0.25, -0.2) is 0 Å². The Balaban J connectivity index is 2.17. The van der Waals surface area contributed by atoms with Gasteiger partial charge in [0.2, 0.25) is 17.6 Å². The van der Waals surface area contributed by atoms with Crippen LogP contribution in [0.1, 0.15) is 26.0 Å². The minimum absolute atomic E-state index is 0.0611. The van der Waals surface area contributed by atoms with Crippen LogP contribution in [0.2, 0.25) is 0 Å². The number of hydrogen-bond donors (Lipinski definition) is 3. The van der Waals surface area contributed by atoms with Crippen molar-refractivity contribution < 1.29 is 9.34 Å². The van der Waals surface area contributed by atoms with Crippen LogP contribution in [0.4, 0.5) is 23.3 Å². The first-order valence-corrected chi connectivity index (χ1v) is 7.29. The van der Waals surface area contributed by atoms with Crippen LogP contribution in [-0.2, 0) is 6.54 Å². The zero-order valence-corrected chi connectivity index (χ0v) is 13.1. The Kier molecular flexibility index (Phi) is 5.34. The quantitative estimate of drug-likeness (QED) is 0.499. The second kappa shape index (κ2) is 7.43. The molecule has 0 saturated heterocycles. The molecule has 0 aliphatic carbocycles. The molecule has 0 unspecified atom stereocenters. The third-order valence-corrected chi connectivity index (χ3v) is 3.11. The highest BCUT2D eigenvalue weighted by Gasteiger charge is 2.23. The molecule has 0 fully saturated rings. The third kappa shape index (κ3) is 4.56. The summed E-state index contributed by atoms with van der Waals surface area (Å²) in [5.74, 6) is 1.29. The van der Waals surface area contributed by atoms with Gasteiger partial charge in [-0.15, -0.1) is 0 Å². The van der Waals surface area contributed by atoms with Gasteiger partial charge in [0.25, 0.3) is 0 Å². The Morgan fingerprint density at radius 1 is 1.39 bits per heavy atom. The van der Waals surface area contributed by atoms with Crippen molar-refractivity contribution in [1.29, 1.82) is 0 Å². The van der Waals surface area contributed by atoms with Gasteiger partial charge < -0.3 is 20.8 Å². The van der Waals surface area contributed by atoms with E-state index in [9.17, 15) is 10.1 Å². The molecule has 0 aliphatic rings. The van der Waals surface area contributed by atoms with E-state index in [0.717, 1.165) is 6.42 Å². The number of nitrogens with zero attached hydrogens (tertiary/aromatic N) is 3. The van der Waals surface area contributed by atoms with Crippen molar-refractivity contribution in [2.45, 2.75) is 26.8 Å². The monoisotopic (exact) mass is 320 g/mol. The van der Waals surface area contributed by atoms with Gasteiger partial charge >= 0.3 is 5.69 Å². The lowest BCUT2D eigenvalue weighted by molar-refractivity contribution is -0.383. The Bertz CT molecular complexity index is 657. The van der Waals surface area contributed by atoms with Crippen molar-refractivity contribution >= 4 is 23.3 Å². The van der Waals surface area contributed by atoms with E-state index < -0.39 is 4.92 Å². The Morgan fingerprint density at radius 3 is 2.78 bits per heavy atom. The molecule has 0 atom stereocenters. The molecule has 0 spiro atoms. The standard InChI is InChI=1S/C14H20N6O3/c1-9(2)5-6-16-14-18-12(15)11(20(21)22)13(19-14)17-8-10-4-3-7-23-10/h3-4,7,9H,5-6,8H2,1-2H3,(H4,15,16,17,18,19). The van der Waals surface area contributed by atoms with Crippen LogP contribution >= 0.6 is 0 Å². The highest BCUT2D eigenvalue weighted by atomic mass is 16.6. The third-order valence-electron chi connectivity index (χ3n) is 3.11. The van der Waals surface area contributed by atoms with Gasteiger partial charge in [-0.2, -0.15) is 9.97 Å². The summed E-state index contributed by atoms with van der Waals surface area (Å²) in [6.07, 6.45) is 2.45. The maximum atomic E-state index is 11.2. The fourth-order valence-electron chi connectivity index (χ4n) is 1.91. The molecule has 2 aromatic rings. The zero-order chi connectivity index (χ0) is 16.8. The van der Waals surface area contributed by atoms with Crippen LogP contribution < -0.4 is 16.4 Å². The lowest BCUT2D eigenvalue weighted by Gasteiger charge is -2.10. The molecule has 9 nitrogen and oxygen atoms in total. The number of nitrogens with one attached hydrogen (secondary N) is 2. The highest BCUT2D eigenvalue weighted by molar-refractivity contribution is 5.69. The molecule has 0 amide bonds. The van der Waals surface area contributed by atoms with Crippen LogP contribution in [0, 0.1) is 16.0 Å². The van der Waals surface area contributed by atoms with E-state index in [1.807, 2.05) is 0 Å². The van der Waals surface area contributed by atoms with E-state index in [0.29, 0.717) is 18.2 Å². The molecule has 2 rings (SSSR count). The number of nitrogen functional groups attached to an aromatic ring is 1. The molecule has 0 bridgehead atoms. The lowest BCUT2D eigenvalue weighted by Crippen LogP contribution is -2.13. The molecule has 0 aromatic carbocycles. The number of nitrogens with two attached hydrogens (primary N) is 1. The smallest absolute Gasteiger partial charge is 0.353 e. The SMILES string of the molecule is CC(C)CCNc1nc(N)c([N+](=O)[O-])c(NCc2ccco2)n1. The minimum atomic E-state index is -0.600. The van der Waals surface area contributed by atoms with Crippen LogP contribution in [0.25, 0.3) is 0 Å². The van der Waals surface area contributed by atoms with E-state index in [-0.39, 0.29) is 29.8 Å². The maximum Gasteiger partial charge on any atom is 0.353 e. The van der Waals surface area contributed by atoms with Gasteiger partial charge in [-0.1, -0.05) is 13.8 Å². The topological polar surface area (TPSA) is 132 Å². The maximum absolute atomic E-state index is 11.2. The van der Waals surface area contributed by atoms with Crippen LogP contribution in [0.5, 0.6) is 0 Å². The van der Waals surface area contributed by atoms with Crippen LogP contribution in [-0.4, -0.2) is 21.4 Å². The second-order valence-corrected chi connectivity index (χ2v) is 5.43. The van der Waals surface area contributed by atoms with Crippen LogP contribution in [0.15, 0.2) is 22.8 Å². The number of nitro groups is 1. The number of rotatable bonds is 8.